The van der Waals surface area contributed by atoms with Crippen LogP contribution >= 0.6 is 0 Å². The molecule has 0 radical (unpaired) electrons. The van der Waals surface area contributed by atoms with Crippen molar-refractivity contribution in [3.63, 3.8) is 0 Å². The zero-order chi connectivity index (χ0) is 38.0. The zero-order valence-electron chi connectivity index (χ0n) is 31.9. The first-order chi connectivity index (χ1) is 26.0. The van der Waals surface area contributed by atoms with Gasteiger partial charge in [0, 0.05) is 31.1 Å². The van der Waals surface area contributed by atoms with Gasteiger partial charge in [0.1, 0.15) is 6.10 Å². The summed E-state index contributed by atoms with van der Waals surface area (Å²) in [5.74, 6) is -1.56. The molecule has 5 heterocycles. The van der Waals surface area contributed by atoms with Crippen LogP contribution in [0, 0.1) is 23.7 Å². The van der Waals surface area contributed by atoms with E-state index in [1.54, 1.807) is 48.5 Å². The monoisotopic (exact) mass is 750 g/mol. The second kappa shape index (κ2) is 16.4. The van der Waals surface area contributed by atoms with Crippen LogP contribution in [0.25, 0.3) is 0 Å². The van der Waals surface area contributed by atoms with Crippen molar-refractivity contribution in [2.45, 2.75) is 147 Å². The minimum Gasteiger partial charge on any atom is -0.456 e. The van der Waals surface area contributed by atoms with Gasteiger partial charge in [-0.05, 0) is 89.0 Å². The Bertz CT molecular complexity index is 1600. The van der Waals surface area contributed by atoms with E-state index in [1.165, 1.54) is 0 Å². The number of carbonyl (C=O) groups is 3. The number of benzene rings is 2. The largest absolute Gasteiger partial charge is 0.456 e. The standard InChI is InChI=1S/C42H54O12/c1-25-20-21-32-27(3)38(51-40-42(32)31(25)22-23-41(5,52-40)53-54-42)50-35(43)19-13-12-14-26(2)46-39-34(49-37(45)30-17-10-7-11-18-30)24-33(28(4)47-39)48-36(44)29-15-8-6-9-16-29/h6-11,15-18,25-28,31-34,38-40H,12-14,19-24H2,1-5H3/t25-,26+,27-,28+,31+,32+,33-,34-,38+,39-,40-,41-,42-/m1/s1. The van der Waals surface area contributed by atoms with E-state index in [1.807, 2.05) is 32.9 Å². The van der Waals surface area contributed by atoms with E-state index in [0.29, 0.717) is 42.7 Å². The first-order valence-electron chi connectivity index (χ1n) is 19.7. The Labute approximate surface area is 317 Å². The number of ether oxygens (including phenoxy) is 7. The summed E-state index contributed by atoms with van der Waals surface area (Å²) in [5, 5.41) is 0. The topological polar surface area (TPSA) is 134 Å². The molecule has 0 unspecified atom stereocenters. The third-order valence-electron chi connectivity index (χ3n) is 12.1. The van der Waals surface area contributed by atoms with Gasteiger partial charge in [-0.3, -0.25) is 4.79 Å². The second-order valence-corrected chi connectivity index (χ2v) is 16.0. The molecule has 12 nitrogen and oxygen atoms in total. The molecule has 6 aliphatic rings. The van der Waals surface area contributed by atoms with Gasteiger partial charge in [-0.1, -0.05) is 56.7 Å². The quantitative estimate of drug-likeness (QED) is 0.0934. The maximum absolute atomic E-state index is 13.2. The van der Waals surface area contributed by atoms with Crippen LogP contribution in [0.5, 0.6) is 0 Å². The van der Waals surface area contributed by atoms with E-state index in [-0.39, 0.29) is 42.7 Å². The van der Waals surface area contributed by atoms with Crippen molar-refractivity contribution in [3.05, 3.63) is 71.8 Å². The van der Waals surface area contributed by atoms with Gasteiger partial charge in [0.2, 0.25) is 12.1 Å². The van der Waals surface area contributed by atoms with Crippen molar-refractivity contribution >= 4 is 17.9 Å². The number of esters is 3. The van der Waals surface area contributed by atoms with Crippen molar-refractivity contribution in [1.82, 2.24) is 0 Å². The highest BCUT2D eigenvalue weighted by Crippen LogP contribution is 2.60. The van der Waals surface area contributed by atoms with Crippen LogP contribution in [0.4, 0.5) is 0 Å². The first kappa shape index (κ1) is 38.9. The maximum Gasteiger partial charge on any atom is 0.338 e. The Morgan fingerprint density at radius 3 is 2.13 bits per heavy atom. The lowest BCUT2D eigenvalue weighted by Gasteiger charge is -2.59. The molecule has 294 valence electrons. The van der Waals surface area contributed by atoms with Crippen LogP contribution in [-0.4, -0.2) is 72.6 Å². The summed E-state index contributed by atoms with van der Waals surface area (Å²) in [5.41, 5.74) is 0.103. The maximum atomic E-state index is 13.2. The fourth-order valence-electron chi connectivity index (χ4n) is 9.04. The molecule has 8 rings (SSSR count). The molecule has 1 spiro atoms. The third-order valence-corrected chi connectivity index (χ3v) is 12.1. The molecule has 5 aliphatic heterocycles. The van der Waals surface area contributed by atoms with E-state index >= 15 is 0 Å². The number of fused-ring (bicyclic) bond motifs is 2. The Kier molecular flexibility index (Phi) is 11.8. The fraction of sp³-hybridized carbons (Fsp3) is 0.643. The molecule has 0 aromatic heterocycles. The number of unbranched alkanes of at least 4 members (excludes halogenated alkanes) is 1. The molecule has 2 aromatic carbocycles. The van der Waals surface area contributed by atoms with Gasteiger partial charge in [0.05, 0.1) is 23.3 Å². The molecular weight excluding hydrogens is 696 g/mol. The Balaban J connectivity index is 0.908. The molecule has 1 aliphatic carbocycles. The fourth-order valence-corrected chi connectivity index (χ4v) is 9.04. The molecule has 2 bridgehead atoms. The summed E-state index contributed by atoms with van der Waals surface area (Å²) in [4.78, 5) is 51.2. The Morgan fingerprint density at radius 1 is 0.778 bits per heavy atom. The van der Waals surface area contributed by atoms with Gasteiger partial charge in [-0.15, -0.1) is 0 Å². The lowest BCUT2D eigenvalue weighted by Crippen LogP contribution is -2.70. The molecule has 6 fully saturated rings. The predicted octanol–water partition coefficient (Wildman–Crippen LogP) is 7.29. The summed E-state index contributed by atoms with van der Waals surface area (Å²) < 4.78 is 43.0. The van der Waals surface area contributed by atoms with Gasteiger partial charge in [-0.2, -0.15) is 0 Å². The van der Waals surface area contributed by atoms with Crippen LogP contribution in [0.15, 0.2) is 60.7 Å². The summed E-state index contributed by atoms with van der Waals surface area (Å²) in [6.45, 7) is 9.94. The van der Waals surface area contributed by atoms with E-state index in [2.05, 4.69) is 13.8 Å². The molecule has 13 atom stereocenters. The molecule has 2 aromatic rings. The van der Waals surface area contributed by atoms with Crippen molar-refractivity contribution in [3.8, 4) is 0 Å². The van der Waals surface area contributed by atoms with Crippen molar-refractivity contribution in [2.24, 2.45) is 23.7 Å². The third kappa shape index (κ3) is 8.10. The average molecular weight is 751 g/mol. The average Bonchev–Trinajstić information content (AvgIpc) is 3.40. The smallest absolute Gasteiger partial charge is 0.338 e. The van der Waals surface area contributed by atoms with Crippen molar-refractivity contribution in [2.75, 3.05) is 0 Å². The molecular formula is C42H54O12. The van der Waals surface area contributed by atoms with Gasteiger partial charge < -0.3 is 33.2 Å². The molecule has 0 amide bonds. The van der Waals surface area contributed by atoms with Crippen LogP contribution < -0.4 is 0 Å². The highest BCUT2D eigenvalue weighted by molar-refractivity contribution is 5.90. The van der Waals surface area contributed by atoms with Gasteiger partial charge in [-0.25, -0.2) is 19.4 Å². The normalized spacial score (nSPS) is 37.6. The van der Waals surface area contributed by atoms with Crippen LogP contribution in [-0.2, 0) is 47.7 Å². The van der Waals surface area contributed by atoms with E-state index in [0.717, 1.165) is 19.3 Å². The molecule has 0 N–H and O–H groups in total. The number of carbonyl (C=O) groups excluding carboxylic acids is 3. The summed E-state index contributed by atoms with van der Waals surface area (Å²) in [6, 6.07) is 17.4. The van der Waals surface area contributed by atoms with Crippen LogP contribution in [0.2, 0.25) is 0 Å². The van der Waals surface area contributed by atoms with E-state index < -0.39 is 60.5 Å². The van der Waals surface area contributed by atoms with Crippen LogP contribution in [0.3, 0.4) is 0 Å². The summed E-state index contributed by atoms with van der Waals surface area (Å²) in [6.07, 6.45) is 1.38. The lowest BCUT2D eigenvalue weighted by atomic mass is 9.58. The minimum atomic E-state index is -0.896. The molecule has 5 saturated heterocycles. The van der Waals surface area contributed by atoms with E-state index in [9.17, 15) is 14.4 Å². The zero-order valence-corrected chi connectivity index (χ0v) is 31.9. The molecule has 12 heteroatoms. The first-order valence-corrected chi connectivity index (χ1v) is 19.7. The van der Waals surface area contributed by atoms with E-state index in [4.69, 9.17) is 42.9 Å². The SMILES string of the molecule is C[C@H]1[C@@H](OC(=O)CCCC[C@H](C)O[C@@H]2O[C@@H](C)[C@H](OC(=O)c3ccccc3)C[C@H]2OC(=O)c2ccccc2)O[C@@H]2O[C@@]3(C)CC[C@H]4[C@H](C)CC[C@@H]1[C@@]24OO3. The molecule has 54 heavy (non-hydrogen) atoms. The highest BCUT2D eigenvalue weighted by atomic mass is 17.3. The van der Waals surface area contributed by atoms with Gasteiger partial charge >= 0.3 is 17.9 Å². The number of hydrogen-bond acceptors (Lipinski definition) is 12. The minimum absolute atomic E-state index is 0.0719. The Morgan fingerprint density at radius 2 is 1.44 bits per heavy atom. The van der Waals surface area contributed by atoms with Crippen LogP contribution in [0.1, 0.15) is 113 Å². The number of hydrogen-bond donors (Lipinski definition) is 0. The number of rotatable bonds is 12. The summed E-state index contributed by atoms with van der Waals surface area (Å²) in [7, 11) is 0. The van der Waals surface area contributed by atoms with Crippen molar-refractivity contribution in [1.29, 1.82) is 0 Å². The molecule has 1 saturated carbocycles. The second-order valence-electron chi connectivity index (χ2n) is 16.0. The van der Waals surface area contributed by atoms with Gasteiger partial charge in [0.25, 0.3) is 0 Å². The summed E-state index contributed by atoms with van der Waals surface area (Å²) >= 11 is 0. The van der Waals surface area contributed by atoms with Crippen molar-refractivity contribution < 1.29 is 57.3 Å². The van der Waals surface area contributed by atoms with Gasteiger partial charge in [0.15, 0.2) is 24.3 Å². The Hall–Kier alpha value is -3.39. The lowest BCUT2D eigenvalue weighted by molar-refractivity contribution is -0.576. The highest BCUT2D eigenvalue weighted by Gasteiger charge is 2.69. The predicted molar refractivity (Wildman–Crippen MR) is 192 cm³/mol.